The Balaban J connectivity index is -0.000000245. The van der Waals surface area contributed by atoms with Crippen LogP contribution in [0.2, 0.25) is 0 Å². The summed E-state index contributed by atoms with van der Waals surface area (Å²) in [6.45, 7) is 1.96. The normalized spacial score (nSPS) is 8.22. The molecule has 0 heterocycles. The Labute approximate surface area is 133 Å². The first-order chi connectivity index (χ1) is 6.76. The molecule has 0 unspecified atom stereocenters. The van der Waals surface area contributed by atoms with Crippen LogP contribution in [-0.4, -0.2) is 0 Å². The van der Waals surface area contributed by atoms with E-state index in [1.165, 1.54) is 0 Å². The summed E-state index contributed by atoms with van der Waals surface area (Å²) in [7, 11) is 0. The number of hydrogen-bond acceptors (Lipinski definition) is 4. The van der Waals surface area contributed by atoms with E-state index >= 15 is 0 Å². The predicted molar refractivity (Wildman–Crippen MR) is 87.0 cm³/mol. The standard InChI is InChI=1S/C10H18N4.4ClH/c11-3-7-1-8(4-12)10(6-14)2-9(7)5-13;;;;/h1-2H,3-6,11-14H2;4*1H. The Kier molecular flexibility index (Phi) is 20.3. The molecule has 1 aromatic carbocycles. The van der Waals surface area contributed by atoms with Gasteiger partial charge in [-0.15, -0.1) is 49.6 Å². The summed E-state index contributed by atoms with van der Waals surface area (Å²) in [5, 5.41) is 0. The molecule has 0 saturated carbocycles. The average molecular weight is 340 g/mol. The minimum Gasteiger partial charge on any atom is -0.326 e. The molecule has 0 spiro atoms. The first-order valence-electron chi connectivity index (χ1n) is 4.70. The largest absolute Gasteiger partial charge is 0.326 e. The van der Waals surface area contributed by atoms with Gasteiger partial charge >= 0.3 is 0 Å². The van der Waals surface area contributed by atoms with E-state index in [2.05, 4.69) is 0 Å². The fourth-order valence-electron chi connectivity index (χ4n) is 1.55. The van der Waals surface area contributed by atoms with Crippen LogP contribution in [0.4, 0.5) is 0 Å². The van der Waals surface area contributed by atoms with Gasteiger partial charge in [-0.2, -0.15) is 0 Å². The van der Waals surface area contributed by atoms with Gasteiger partial charge in [-0.3, -0.25) is 0 Å². The lowest BCUT2D eigenvalue weighted by molar-refractivity contribution is 0.923. The van der Waals surface area contributed by atoms with E-state index in [-0.39, 0.29) is 49.6 Å². The van der Waals surface area contributed by atoms with Gasteiger partial charge < -0.3 is 22.9 Å². The van der Waals surface area contributed by atoms with Gasteiger partial charge in [0.15, 0.2) is 0 Å². The number of nitrogens with two attached hydrogens (primary N) is 4. The predicted octanol–water partition coefficient (Wildman–Crippen LogP) is 1.21. The molecule has 8 N–H and O–H groups in total. The van der Waals surface area contributed by atoms with E-state index in [1.807, 2.05) is 12.1 Å². The molecule has 0 saturated heterocycles. The minimum atomic E-state index is 0. The highest BCUT2D eigenvalue weighted by molar-refractivity contribution is 5.86. The van der Waals surface area contributed by atoms with Crippen LogP contribution in [0, 0.1) is 0 Å². The zero-order valence-corrected chi connectivity index (χ0v) is 13.2. The van der Waals surface area contributed by atoms with Gasteiger partial charge in [0.25, 0.3) is 0 Å². The third-order valence-corrected chi connectivity index (χ3v) is 2.40. The van der Waals surface area contributed by atoms with Crippen LogP contribution in [-0.2, 0) is 26.2 Å². The van der Waals surface area contributed by atoms with Crippen LogP contribution < -0.4 is 22.9 Å². The molecule has 0 bridgehead atoms. The lowest BCUT2D eigenvalue weighted by Crippen LogP contribution is -2.12. The molecule has 1 rings (SSSR count). The maximum Gasteiger partial charge on any atom is 0.0181 e. The molecule has 1 aromatic rings. The van der Waals surface area contributed by atoms with Gasteiger partial charge in [-0.05, 0) is 22.3 Å². The topological polar surface area (TPSA) is 104 Å². The maximum absolute atomic E-state index is 5.61. The van der Waals surface area contributed by atoms with Crippen molar-refractivity contribution >= 4 is 49.6 Å². The Morgan fingerprint density at radius 2 is 0.667 bits per heavy atom. The Bertz CT molecular complexity index is 265. The van der Waals surface area contributed by atoms with Crippen molar-refractivity contribution < 1.29 is 0 Å². The van der Waals surface area contributed by atoms with E-state index in [0.717, 1.165) is 22.3 Å². The Morgan fingerprint density at radius 3 is 0.778 bits per heavy atom. The fraction of sp³-hybridized carbons (Fsp3) is 0.400. The van der Waals surface area contributed by atoms with Gasteiger partial charge in [-0.1, -0.05) is 12.1 Å². The summed E-state index contributed by atoms with van der Waals surface area (Å²) >= 11 is 0. The van der Waals surface area contributed by atoms with Gasteiger partial charge in [-0.25, -0.2) is 0 Å². The maximum atomic E-state index is 5.61. The summed E-state index contributed by atoms with van der Waals surface area (Å²) in [5.41, 5.74) is 26.7. The van der Waals surface area contributed by atoms with Crippen LogP contribution in [0.25, 0.3) is 0 Å². The van der Waals surface area contributed by atoms with Crippen LogP contribution in [0.15, 0.2) is 12.1 Å². The Hall–Kier alpha value is 0.220. The second kappa shape index (κ2) is 13.6. The van der Waals surface area contributed by atoms with Crippen molar-refractivity contribution in [3.8, 4) is 0 Å². The first-order valence-corrected chi connectivity index (χ1v) is 4.70. The molecule has 0 radical (unpaired) electrons. The van der Waals surface area contributed by atoms with Gasteiger partial charge in [0.2, 0.25) is 0 Å². The summed E-state index contributed by atoms with van der Waals surface area (Å²) in [6, 6.07) is 4.01. The zero-order valence-electron chi connectivity index (χ0n) is 9.93. The van der Waals surface area contributed by atoms with Gasteiger partial charge in [0.05, 0.1) is 0 Å². The highest BCUT2D eigenvalue weighted by Gasteiger charge is 2.05. The molecule has 110 valence electrons. The molecular weight excluding hydrogens is 318 g/mol. The highest BCUT2D eigenvalue weighted by Crippen LogP contribution is 2.16. The molecule has 0 amide bonds. The lowest BCUT2D eigenvalue weighted by atomic mass is 9.98. The van der Waals surface area contributed by atoms with E-state index < -0.39 is 0 Å². The third-order valence-electron chi connectivity index (χ3n) is 2.40. The highest BCUT2D eigenvalue weighted by atomic mass is 35.5. The quantitative estimate of drug-likeness (QED) is 0.661. The first kappa shape index (κ1) is 26.7. The molecular formula is C10H22Cl4N4. The molecule has 18 heavy (non-hydrogen) atoms. The van der Waals surface area contributed by atoms with Crippen LogP contribution in [0.3, 0.4) is 0 Å². The average Bonchev–Trinajstić information content (AvgIpc) is 2.26. The van der Waals surface area contributed by atoms with Crippen molar-refractivity contribution in [2.45, 2.75) is 26.2 Å². The van der Waals surface area contributed by atoms with Gasteiger partial charge in [0, 0.05) is 26.2 Å². The zero-order chi connectivity index (χ0) is 10.6. The van der Waals surface area contributed by atoms with E-state index in [0.29, 0.717) is 26.2 Å². The monoisotopic (exact) mass is 338 g/mol. The van der Waals surface area contributed by atoms with Crippen LogP contribution in [0.5, 0.6) is 0 Å². The SMILES string of the molecule is Cl.Cl.Cl.Cl.NCc1cc(CN)c(CN)cc1CN. The second-order valence-electron chi connectivity index (χ2n) is 3.21. The van der Waals surface area contributed by atoms with E-state index in [1.54, 1.807) is 0 Å². The van der Waals surface area contributed by atoms with E-state index in [9.17, 15) is 0 Å². The van der Waals surface area contributed by atoms with Crippen molar-refractivity contribution in [2.75, 3.05) is 0 Å². The van der Waals surface area contributed by atoms with Gasteiger partial charge in [0.1, 0.15) is 0 Å². The molecule has 8 heteroatoms. The summed E-state index contributed by atoms with van der Waals surface area (Å²) in [4.78, 5) is 0. The van der Waals surface area contributed by atoms with Crippen molar-refractivity contribution in [1.82, 2.24) is 0 Å². The summed E-state index contributed by atoms with van der Waals surface area (Å²) in [6.07, 6.45) is 0. The molecule has 0 fully saturated rings. The number of benzene rings is 1. The lowest BCUT2D eigenvalue weighted by Gasteiger charge is -2.12. The van der Waals surface area contributed by atoms with Crippen molar-refractivity contribution in [3.63, 3.8) is 0 Å². The second-order valence-corrected chi connectivity index (χ2v) is 3.21. The number of hydrogen-bond donors (Lipinski definition) is 4. The fourth-order valence-corrected chi connectivity index (χ4v) is 1.55. The van der Waals surface area contributed by atoms with E-state index in [4.69, 9.17) is 22.9 Å². The molecule has 0 atom stereocenters. The molecule has 0 aromatic heterocycles. The molecule has 4 nitrogen and oxygen atoms in total. The van der Waals surface area contributed by atoms with Crippen LogP contribution in [0.1, 0.15) is 22.3 Å². The third kappa shape index (κ3) is 6.41. The van der Waals surface area contributed by atoms with Crippen molar-refractivity contribution in [2.24, 2.45) is 22.9 Å². The van der Waals surface area contributed by atoms with Crippen molar-refractivity contribution in [1.29, 1.82) is 0 Å². The molecule has 0 aliphatic heterocycles. The molecule has 0 aliphatic rings. The van der Waals surface area contributed by atoms with Crippen molar-refractivity contribution in [3.05, 3.63) is 34.4 Å². The Morgan fingerprint density at radius 1 is 0.500 bits per heavy atom. The molecule has 0 aliphatic carbocycles. The number of rotatable bonds is 4. The minimum absolute atomic E-state index is 0. The summed E-state index contributed by atoms with van der Waals surface area (Å²) in [5.74, 6) is 0. The smallest absolute Gasteiger partial charge is 0.0181 e. The van der Waals surface area contributed by atoms with Crippen LogP contribution >= 0.6 is 49.6 Å². The number of halogens is 4. The summed E-state index contributed by atoms with van der Waals surface area (Å²) < 4.78 is 0.